The third-order valence-corrected chi connectivity index (χ3v) is 2.98. The van der Waals surface area contributed by atoms with Crippen molar-refractivity contribution in [2.75, 3.05) is 12.4 Å². The molecule has 1 N–H and O–H groups in total. The smallest absolute Gasteiger partial charge is 0.339 e. The van der Waals surface area contributed by atoms with Gasteiger partial charge in [-0.05, 0) is 36.4 Å². The van der Waals surface area contributed by atoms with E-state index in [1.807, 2.05) is 36.4 Å². The van der Waals surface area contributed by atoms with Gasteiger partial charge in [-0.2, -0.15) is 0 Å². The number of carbonyl (C=O) groups is 1. The summed E-state index contributed by atoms with van der Waals surface area (Å²) >= 11 is 3.38. The molecule has 0 aliphatic heterocycles. The third-order valence-electron chi connectivity index (χ3n) is 2.46. The zero-order chi connectivity index (χ0) is 13.0. The van der Waals surface area contributed by atoms with Crippen LogP contribution in [-0.4, -0.2) is 13.1 Å². The van der Waals surface area contributed by atoms with Gasteiger partial charge in [0.05, 0.1) is 18.4 Å². The Bertz CT molecular complexity index is 552. The number of rotatable bonds is 3. The number of esters is 1. The summed E-state index contributed by atoms with van der Waals surface area (Å²) in [6.07, 6.45) is 0. The van der Waals surface area contributed by atoms with Gasteiger partial charge in [0.1, 0.15) is 0 Å². The van der Waals surface area contributed by atoms with Gasteiger partial charge in [0.15, 0.2) is 0 Å². The molecule has 3 nitrogen and oxygen atoms in total. The normalized spacial score (nSPS) is 9.89. The van der Waals surface area contributed by atoms with E-state index < -0.39 is 0 Å². The van der Waals surface area contributed by atoms with Gasteiger partial charge in [-0.25, -0.2) is 4.79 Å². The summed E-state index contributed by atoms with van der Waals surface area (Å²) < 4.78 is 5.76. The summed E-state index contributed by atoms with van der Waals surface area (Å²) in [7, 11) is 1.37. The molecule has 0 atom stereocenters. The van der Waals surface area contributed by atoms with E-state index in [9.17, 15) is 4.79 Å². The van der Waals surface area contributed by atoms with Crippen LogP contribution in [0.15, 0.2) is 53.0 Å². The molecule has 0 radical (unpaired) electrons. The maximum absolute atomic E-state index is 11.6. The van der Waals surface area contributed by atoms with Crippen molar-refractivity contribution >= 4 is 33.3 Å². The van der Waals surface area contributed by atoms with Crippen LogP contribution in [0.2, 0.25) is 0 Å². The van der Waals surface area contributed by atoms with Gasteiger partial charge in [0.25, 0.3) is 0 Å². The van der Waals surface area contributed by atoms with Gasteiger partial charge in [-0.3, -0.25) is 0 Å². The van der Waals surface area contributed by atoms with Crippen molar-refractivity contribution in [3.63, 3.8) is 0 Å². The maximum Gasteiger partial charge on any atom is 0.339 e. The van der Waals surface area contributed by atoms with E-state index >= 15 is 0 Å². The van der Waals surface area contributed by atoms with Gasteiger partial charge in [0, 0.05) is 10.2 Å². The molecular weight excluding hydrogens is 294 g/mol. The molecule has 2 aromatic rings. The number of hydrogen-bond acceptors (Lipinski definition) is 3. The average molecular weight is 306 g/mol. The monoisotopic (exact) mass is 305 g/mol. The first kappa shape index (κ1) is 12.6. The molecule has 92 valence electrons. The minimum absolute atomic E-state index is 0.352. The zero-order valence-corrected chi connectivity index (χ0v) is 11.4. The van der Waals surface area contributed by atoms with E-state index in [1.165, 1.54) is 7.11 Å². The fourth-order valence-corrected chi connectivity index (χ4v) is 1.83. The number of methoxy groups -OCH3 is 1. The first-order valence-electron chi connectivity index (χ1n) is 5.40. The molecule has 0 saturated heterocycles. The summed E-state index contributed by atoms with van der Waals surface area (Å²) in [5.74, 6) is -0.352. The Kier molecular flexibility index (Phi) is 3.99. The van der Waals surface area contributed by atoms with E-state index in [-0.39, 0.29) is 5.97 Å². The van der Waals surface area contributed by atoms with E-state index in [2.05, 4.69) is 21.2 Å². The number of para-hydroxylation sites is 1. The number of carbonyl (C=O) groups excluding carboxylic acids is 1. The quantitative estimate of drug-likeness (QED) is 0.872. The molecule has 0 aliphatic rings. The Balaban J connectivity index is 2.28. The van der Waals surface area contributed by atoms with Crippen molar-refractivity contribution in [3.05, 3.63) is 58.6 Å². The van der Waals surface area contributed by atoms with Crippen LogP contribution in [0.4, 0.5) is 11.4 Å². The van der Waals surface area contributed by atoms with Gasteiger partial charge < -0.3 is 10.1 Å². The summed E-state index contributed by atoms with van der Waals surface area (Å²) in [6, 6.07) is 15.0. The molecule has 0 saturated carbocycles. The fourth-order valence-electron chi connectivity index (χ4n) is 1.57. The van der Waals surface area contributed by atoms with E-state index in [1.54, 1.807) is 12.1 Å². The van der Waals surface area contributed by atoms with Crippen LogP contribution in [0.3, 0.4) is 0 Å². The molecule has 0 aliphatic carbocycles. The van der Waals surface area contributed by atoms with Crippen LogP contribution in [0.5, 0.6) is 0 Å². The third kappa shape index (κ3) is 2.90. The van der Waals surface area contributed by atoms with Crippen LogP contribution in [0.1, 0.15) is 10.4 Å². The molecule has 0 spiro atoms. The SMILES string of the molecule is COC(=O)c1ccccc1Nc1ccc(Br)cc1. The molecule has 2 aromatic carbocycles. The molecule has 0 heterocycles. The number of nitrogens with one attached hydrogen (secondary N) is 1. The van der Waals surface area contributed by atoms with Gasteiger partial charge in [-0.15, -0.1) is 0 Å². The first-order valence-corrected chi connectivity index (χ1v) is 6.20. The van der Waals surface area contributed by atoms with Crippen molar-refractivity contribution in [3.8, 4) is 0 Å². The molecule has 0 aromatic heterocycles. The summed E-state index contributed by atoms with van der Waals surface area (Å²) in [5, 5.41) is 3.19. The highest BCUT2D eigenvalue weighted by Crippen LogP contribution is 2.22. The van der Waals surface area contributed by atoms with Crippen molar-refractivity contribution in [2.45, 2.75) is 0 Å². The first-order chi connectivity index (χ1) is 8.70. The predicted octanol–water partition coefficient (Wildman–Crippen LogP) is 3.98. The van der Waals surface area contributed by atoms with Crippen LogP contribution in [0, 0.1) is 0 Å². The largest absolute Gasteiger partial charge is 0.465 e. The van der Waals surface area contributed by atoms with E-state index in [4.69, 9.17) is 4.74 Å². The van der Waals surface area contributed by atoms with Crippen LogP contribution < -0.4 is 5.32 Å². The van der Waals surface area contributed by atoms with Crippen LogP contribution in [0.25, 0.3) is 0 Å². The second-order valence-corrected chi connectivity index (χ2v) is 4.58. The summed E-state index contributed by atoms with van der Waals surface area (Å²) in [4.78, 5) is 11.6. The number of halogens is 1. The highest BCUT2D eigenvalue weighted by molar-refractivity contribution is 9.10. The van der Waals surface area contributed by atoms with E-state index in [0.717, 1.165) is 15.8 Å². The van der Waals surface area contributed by atoms with Crippen molar-refractivity contribution in [2.24, 2.45) is 0 Å². The van der Waals surface area contributed by atoms with E-state index in [0.29, 0.717) is 5.56 Å². The van der Waals surface area contributed by atoms with Gasteiger partial charge in [0.2, 0.25) is 0 Å². The lowest BCUT2D eigenvalue weighted by atomic mass is 10.1. The Morgan fingerprint density at radius 2 is 1.78 bits per heavy atom. The maximum atomic E-state index is 11.6. The molecule has 0 bridgehead atoms. The highest BCUT2D eigenvalue weighted by atomic mass is 79.9. The Labute approximate surface area is 114 Å². The lowest BCUT2D eigenvalue weighted by Gasteiger charge is -2.10. The second-order valence-electron chi connectivity index (χ2n) is 3.67. The summed E-state index contributed by atoms with van der Waals surface area (Å²) in [6.45, 7) is 0. The van der Waals surface area contributed by atoms with Crippen molar-refractivity contribution in [1.29, 1.82) is 0 Å². The summed E-state index contributed by atoms with van der Waals surface area (Å²) in [5.41, 5.74) is 2.16. The lowest BCUT2D eigenvalue weighted by molar-refractivity contribution is 0.0602. The topological polar surface area (TPSA) is 38.3 Å². The Morgan fingerprint density at radius 1 is 1.11 bits per heavy atom. The lowest BCUT2D eigenvalue weighted by Crippen LogP contribution is -2.05. The molecule has 0 unspecified atom stereocenters. The van der Waals surface area contributed by atoms with Crippen molar-refractivity contribution in [1.82, 2.24) is 0 Å². The van der Waals surface area contributed by atoms with Gasteiger partial charge >= 0.3 is 5.97 Å². The standard InChI is InChI=1S/C14H12BrNO2/c1-18-14(17)12-4-2-3-5-13(12)16-11-8-6-10(15)7-9-11/h2-9,16H,1H3. The minimum Gasteiger partial charge on any atom is -0.465 e. The molecule has 0 fully saturated rings. The molecule has 4 heteroatoms. The molecule has 18 heavy (non-hydrogen) atoms. The molecule has 0 amide bonds. The molecular formula is C14H12BrNO2. The van der Waals surface area contributed by atoms with Gasteiger partial charge in [-0.1, -0.05) is 28.1 Å². The van der Waals surface area contributed by atoms with Crippen LogP contribution in [-0.2, 0) is 4.74 Å². The second kappa shape index (κ2) is 5.69. The molecule has 2 rings (SSSR count). The Morgan fingerprint density at radius 3 is 2.44 bits per heavy atom. The number of benzene rings is 2. The van der Waals surface area contributed by atoms with Crippen LogP contribution >= 0.6 is 15.9 Å². The predicted molar refractivity (Wildman–Crippen MR) is 75.2 cm³/mol. The number of hydrogen-bond donors (Lipinski definition) is 1. The average Bonchev–Trinajstić information content (AvgIpc) is 2.41. The Hall–Kier alpha value is -1.81. The minimum atomic E-state index is -0.352. The fraction of sp³-hybridized carbons (Fsp3) is 0.0714. The number of ether oxygens (including phenoxy) is 1. The highest BCUT2D eigenvalue weighted by Gasteiger charge is 2.10. The van der Waals surface area contributed by atoms with Crippen molar-refractivity contribution < 1.29 is 9.53 Å². The number of anilines is 2. The zero-order valence-electron chi connectivity index (χ0n) is 9.81.